The Balaban J connectivity index is 1.94. The summed E-state index contributed by atoms with van der Waals surface area (Å²) in [6.45, 7) is 2.78. The quantitative estimate of drug-likeness (QED) is 0.674. The number of hydrogen-bond acceptors (Lipinski definition) is 2. The molecule has 13 heavy (non-hydrogen) atoms. The summed E-state index contributed by atoms with van der Waals surface area (Å²) in [6.07, 6.45) is 6.47. The zero-order chi connectivity index (χ0) is 9.26. The van der Waals surface area contributed by atoms with E-state index in [2.05, 4.69) is 13.0 Å². The third-order valence-corrected chi connectivity index (χ3v) is 3.40. The smallest absolute Gasteiger partial charge is 0.0701 e. The maximum Gasteiger partial charge on any atom is 0.0701 e. The van der Waals surface area contributed by atoms with E-state index in [1.54, 1.807) is 5.57 Å². The Bertz CT molecular complexity index is 210. The highest BCUT2D eigenvalue weighted by molar-refractivity contribution is 5.18. The van der Waals surface area contributed by atoms with Gasteiger partial charge in [-0.05, 0) is 32.1 Å². The van der Waals surface area contributed by atoms with Gasteiger partial charge in [0.1, 0.15) is 0 Å². The molecule has 1 N–H and O–H groups in total. The van der Waals surface area contributed by atoms with Gasteiger partial charge in [0.25, 0.3) is 0 Å². The van der Waals surface area contributed by atoms with Crippen LogP contribution in [0.5, 0.6) is 0 Å². The number of allylic oxidation sites excluding steroid dienone is 1. The lowest BCUT2D eigenvalue weighted by molar-refractivity contribution is 0.00932. The highest BCUT2D eigenvalue weighted by atomic mass is 16.5. The topological polar surface area (TPSA) is 29.5 Å². The van der Waals surface area contributed by atoms with E-state index in [0.29, 0.717) is 18.6 Å². The molecule has 2 aliphatic rings. The van der Waals surface area contributed by atoms with Gasteiger partial charge in [0, 0.05) is 5.92 Å². The van der Waals surface area contributed by atoms with Crippen LogP contribution in [0.25, 0.3) is 0 Å². The second-order valence-electron chi connectivity index (χ2n) is 4.14. The summed E-state index contributed by atoms with van der Waals surface area (Å²) in [6, 6.07) is 0. The summed E-state index contributed by atoms with van der Waals surface area (Å²) in [5, 5.41) is 8.68. The van der Waals surface area contributed by atoms with Crippen molar-refractivity contribution < 1.29 is 9.84 Å². The van der Waals surface area contributed by atoms with E-state index in [1.165, 1.54) is 19.3 Å². The van der Waals surface area contributed by atoms with Crippen molar-refractivity contribution in [3.8, 4) is 0 Å². The maximum absolute atomic E-state index is 8.68. The lowest BCUT2D eigenvalue weighted by Crippen LogP contribution is -2.23. The van der Waals surface area contributed by atoms with E-state index in [1.807, 2.05) is 0 Å². The van der Waals surface area contributed by atoms with Crippen LogP contribution in [0.1, 0.15) is 26.2 Å². The summed E-state index contributed by atoms with van der Waals surface area (Å²) in [5.74, 6) is 1.53. The first-order valence-electron chi connectivity index (χ1n) is 5.22. The van der Waals surface area contributed by atoms with Crippen molar-refractivity contribution in [3.63, 3.8) is 0 Å². The molecular weight excluding hydrogens is 164 g/mol. The number of hydrogen-bond donors (Lipinski definition) is 1. The molecule has 2 rings (SSSR count). The van der Waals surface area contributed by atoms with Gasteiger partial charge in [-0.3, -0.25) is 0 Å². The summed E-state index contributed by atoms with van der Waals surface area (Å²) in [4.78, 5) is 0. The molecule has 2 saturated carbocycles. The molecule has 2 aliphatic carbocycles. The molecule has 0 heterocycles. The minimum absolute atomic E-state index is 0.152. The fourth-order valence-corrected chi connectivity index (χ4v) is 2.86. The molecule has 0 spiro atoms. The lowest BCUT2D eigenvalue weighted by Gasteiger charge is -2.24. The molecule has 2 bridgehead atoms. The first-order valence-corrected chi connectivity index (χ1v) is 5.22. The molecule has 3 atom stereocenters. The Kier molecular flexibility index (Phi) is 2.70. The Morgan fingerprint density at radius 2 is 2.38 bits per heavy atom. The first-order chi connectivity index (χ1) is 6.35. The van der Waals surface area contributed by atoms with Gasteiger partial charge in [-0.25, -0.2) is 0 Å². The van der Waals surface area contributed by atoms with Crippen LogP contribution in [0, 0.1) is 11.8 Å². The zero-order valence-corrected chi connectivity index (χ0v) is 8.20. The van der Waals surface area contributed by atoms with Crippen molar-refractivity contribution in [2.24, 2.45) is 11.8 Å². The van der Waals surface area contributed by atoms with E-state index in [4.69, 9.17) is 9.84 Å². The van der Waals surface area contributed by atoms with Crippen LogP contribution in [0.3, 0.4) is 0 Å². The normalized spacial score (nSPS) is 40.5. The highest BCUT2D eigenvalue weighted by Gasteiger charge is 2.42. The van der Waals surface area contributed by atoms with Crippen LogP contribution in [-0.4, -0.2) is 24.4 Å². The standard InChI is InChI=1S/C11H18O2/c1-2-9-5-8-6-10(9)11(7-8)13-4-3-12/h2,8,10-12H,3-7H2,1H3/t8?,10?,11-/m0/s1. The van der Waals surface area contributed by atoms with Crippen molar-refractivity contribution in [1.29, 1.82) is 0 Å². The van der Waals surface area contributed by atoms with Gasteiger partial charge in [-0.2, -0.15) is 0 Å². The van der Waals surface area contributed by atoms with E-state index in [0.717, 1.165) is 5.92 Å². The Morgan fingerprint density at radius 1 is 1.54 bits per heavy atom. The average Bonchev–Trinajstić information content (AvgIpc) is 2.72. The van der Waals surface area contributed by atoms with Gasteiger partial charge >= 0.3 is 0 Å². The first kappa shape index (κ1) is 9.22. The van der Waals surface area contributed by atoms with Crippen LogP contribution in [0.4, 0.5) is 0 Å². The van der Waals surface area contributed by atoms with Crippen molar-refractivity contribution in [2.45, 2.75) is 32.3 Å². The van der Waals surface area contributed by atoms with E-state index >= 15 is 0 Å². The van der Waals surface area contributed by atoms with Crippen LogP contribution < -0.4 is 0 Å². The van der Waals surface area contributed by atoms with E-state index in [9.17, 15) is 0 Å². The monoisotopic (exact) mass is 182 g/mol. The molecule has 0 aromatic heterocycles. The molecule has 0 amide bonds. The molecular formula is C11H18O2. The van der Waals surface area contributed by atoms with Crippen LogP contribution in [-0.2, 0) is 4.74 Å². The van der Waals surface area contributed by atoms with Crippen molar-refractivity contribution in [3.05, 3.63) is 11.6 Å². The van der Waals surface area contributed by atoms with E-state index < -0.39 is 0 Å². The third kappa shape index (κ3) is 1.65. The molecule has 0 saturated heterocycles. The van der Waals surface area contributed by atoms with Crippen molar-refractivity contribution >= 4 is 0 Å². The zero-order valence-electron chi connectivity index (χ0n) is 8.20. The molecule has 0 aromatic rings. The maximum atomic E-state index is 8.68. The SMILES string of the molecule is CC=C1CC2CC1[C@@H](OCCO)C2. The number of aliphatic hydroxyl groups excluding tert-OH is 1. The van der Waals surface area contributed by atoms with Gasteiger partial charge in [-0.1, -0.05) is 11.6 Å². The largest absolute Gasteiger partial charge is 0.394 e. The fraction of sp³-hybridized carbons (Fsp3) is 0.818. The summed E-state index contributed by atoms with van der Waals surface area (Å²) < 4.78 is 5.63. The Morgan fingerprint density at radius 3 is 3.00 bits per heavy atom. The number of rotatable bonds is 3. The van der Waals surface area contributed by atoms with Crippen LogP contribution in [0.15, 0.2) is 11.6 Å². The van der Waals surface area contributed by atoms with E-state index in [-0.39, 0.29) is 6.61 Å². The van der Waals surface area contributed by atoms with Gasteiger partial charge in [-0.15, -0.1) is 0 Å². The van der Waals surface area contributed by atoms with Gasteiger partial charge < -0.3 is 9.84 Å². The lowest BCUT2D eigenvalue weighted by atomic mass is 9.92. The van der Waals surface area contributed by atoms with Crippen molar-refractivity contribution in [2.75, 3.05) is 13.2 Å². The molecule has 2 heteroatoms. The minimum Gasteiger partial charge on any atom is -0.394 e. The van der Waals surface area contributed by atoms with Gasteiger partial charge in [0.05, 0.1) is 19.3 Å². The predicted octanol–water partition coefficient (Wildman–Crippen LogP) is 1.74. The molecule has 2 unspecified atom stereocenters. The molecule has 2 nitrogen and oxygen atoms in total. The minimum atomic E-state index is 0.152. The third-order valence-electron chi connectivity index (χ3n) is 3.40. The second-order valence-corrected chi connectivity index (χ2v) is 4.14. The summed E-state index contributed by atoms with van der Waals surface area (Å²) >= 11 is 0. The van der Waals surface area contributed by atoms with Crippen LogP contribution >= 0.6 is 0 Å². The summed E-state index contributed by atoms with van der Waals surface area (Å²) in [7, 11) is 0. The Hall–Kier alpha value is -0.340. The van der Waals surface area contributed by atoms with Crippen molar-refractivity contribution in [1.82, 2.24) is 0 Å². The van der Waals surface area contributed by atoms with Crippen LogP contribution in [0.2, 0.25) is 0 Å². The predicted molar refractivity (Wildman–Crippen MR) is 51.4 cm³/mol. The molecule has 0 aliphatic heterocycles. The average molecular weight is 182 g/mol. The van der Waals surface area contributed by atoms with Gasteiger partial charge in [0.2, 0.25) is 0 Å². The fourth-order valence-electron chi connectivity index (χ4n) is 2.86. The number of fused-ring (bicyclic) bond motifs is 2. The van der Waals surface area contributed by atoms with Gasteiger partial charge in [0.15, 0.2) is 0 Å². The molecule has 0 aromatic carbocycles. The Labute approximate surface area is 79.6 Å². The number of ether oxygens (including phenoxy) is 1. The summed E-state index contributed by atoms with van der Waals surface area (Å²) in [5.41, 5.74) is 1.58. The second kappa shape index (κ2) is 3.81. The molecule has 74 valence electrons. The molecule has 2 fully saturated rings. The highest BCUT2D eigenvalue weighted by Crippen LogP contribution is 2.49. The number of aliphatic hydroxyl groups is 1. The molecule has 0 radical (unpaired) electrons.